The SMILES string of the molecule is [CH2]C(Nc1c(N)cccc1N)C(C)(C)C. The third-order valence-electron chi connectivity index (χ3n) is 2.49. The van der Waals surface area contributed by atoms with E-state index in [2.05, 4.69) is 33.0 Å². The monoisotopic (exact) mass is 206 g/mol. The molecule has 3 nitrogen and oxygen atoms in total. The summed E-state index contributed by atoms with van der Waals surface area (Å²) in [5, 5.41) is 3.26. The van der Waals surface area contributed by atoms with Crippen molar-refractivity contribution >= 4 is 17.1 Å². The van der Waals surface area contributed by atoms with E-state index in [0.29, 0.717) is 11.4 Å². The Hall–Kier alpha value is -1.38. The molecule has 0 aliphatic carbocycles. The van der Waals surface area contributed by atoms with Crippen LogP contribution in [0.5, 0.6) is 0 Å². The average molecular weight is 206 g/mol. The number of nitrogens with two attached hydrogens (primary N) is 2. The van der Waals surface area contributed by atoms with Gasteiger partial charge in [-0.15, -0.1) is 0 Å². The van der Waals surface area contributed by atoms with Gasteiger partial charge in [0.1, 0.15) is 0 Å². The summed E-state index contributed by atoms with van der Waals surface area (Å²) in [6, 6.07) is 5.55. The summed E-state index contributed by atoms with van der Waals surface area (Å²) in [7, 11) is 0. The lowest BCUT2D eigenvalue weighted by atomic mass is 9.88. The lowest BCUT2D eigenvalue weighted by molar-refractivity contribution is 0.383. The zero-order valence-corrected chi connectivity index (χ0v) is 9.67. The zero-order chi connectivity index (χ0) is 11.6. The Morgan fingerprint density at radius 3 is 2.07 bits per heavy atom. The molecular formula is C12H20N3. The summed E-state index contributed by atoms with van der Waals surface area (Å²) in [5.41, 5.74) is 13.9. The van der Waals surface area contributed by atoms with Crippen molar-refractivity contribution in [2.24, 2.45) is 5.41 Å². The molecule has 0 aliphatic heterocycles. The van der Waals surface area contributed by atoms with Crippen LogP contribution in [0.4, 0.5) is 17.1 Å². The van der Waals surface area contributed by atoms with Gasteiger partial charge in [0.2, 0.25) is 0 Å². The van der Waals surface area contributed by atoms with E-state index in [1.165, 1.54) is 0 Å². The van der Waals surface area contributed by atoms with Crippen LogP contribution in [0.25, 0.3) is 0 Å². The molecule has 1 radical (unpaired) electrons. The minimum absolute atomic E-state index is 0.0597. The predicted molar refractivity (Wildman–Crippen MR) is 67.5 cm³/mol. The Morgan fingerprint density at radius 1 is 1.20 bits per heavy atom. The number of hydrogen-bond donors (Lipinski definition) is 3. The quantitative estimate of drug-likeness (QED) is 0.651. The van der Waals surface area contributed by atoms with Crippen molar-refractivity contribution < 1.29 is 0 Å². The molecule has 3 heteroatoms. The Bertz CT molecular complexity index is 319. The van der Waals surface area contributed by atoms with Gasteiger partial charge in [-0.1, -0.05) is 26.8 Å². The predicted octanol–water partition coefficient (Wildman–Crippen LogP) is 2.51. The first-order valence-corrected chi connectivity index (χ1v) is 5.06. The molecule has 0 aliphatic rings. The van der Waals surface area contributed by atoms with Gasteiger partial charge in [-0.25, -0.2) is 0 Å². The minimum Gasteiger partial charge on any atom is -0.397 e. The smallest absolute Gasteiger partial charge is 0.0809 e. The standard InChI is InChI=1S/C12H20N3/c1-8(12(2,3)4)15-11-9(13)6-5-7-10(11)14/h5-8,15H,1,13-14H2,2-4H3. The molecule has 0 amide bonds. The first-order valence-electron chi connectivity index (χ1n) is 5.06. The Balaban J connectivity index is 2.90. The number of benzene rings is 1. The lowest BCUT2D eigenvalue weighted by Crippen LogP contribution is -2.31. The van der Waals surface area contributed by atoms with E-state index < -0.39 is 0 Å². The molecule has 5 N–H and O–H groups in total. The topological polar surface area (TPSA) is 64.1 Å². The molecule has 1 atom stereocenters. The summed E-state index contributed by atoms with van der Waals surface area (Å²) in [6.07, 6.45) is 0. The molecule has 1 rings (SSSR count). The largest absolute Gasteiger partial charge is 0.397 e. The second kappa shape index (κ2) is 4.01. The first kappa shape index (κ1) is 11.7. The highest BCUT2D eigenvalue weighted by molar-refractivity contribution is 5.79. The summed E-state index contributed by atoms with van der Waals surface area (Å²) < 4.78 is 0. The molecule has 83 valence electrons. The van der Waals surface area contributed by atoms with Crippen LogP contribution in [0.2, 0.25) is 0 Å². The van der Waals surface area contributed by atoms with Crippen LogP contribution in [0.15, 0.2) is 18.2 Å². The van der Waals surface area contributed by atoms with Gasteiger partial charge in [-0.3, -0.25) is 0 Å². The fraction of sp³-hybridized carbons (Fsp3) is 0.417. The lowest BCUT2D eigenvalue weighted by Gasteiger charge is -2.29. The molecule has 0 fully saturated rings. The molecular weight excluding hydrogens is 186 g/mol. The fourth-order valence-corrected chi connectivity index (χ4v) is 1.15. The summed E-state index contributed by atoms with van der Waals surface area (Å²) >= 11 is 0. The Labute approximate surface area is 91.9 Å². The van der Waals surface area contributed by atoms with Crippen molar-refractivity contribution in [1.29, 1.82) is 0 Å². The van der Waals surface area contributed by atoms with Crippen LogP contribution in [0, 0.1) is 12.3 Å². The molecule has 0 bridgehead atoms. The van der Waals surface area contributed by atoms with Crippen molar-refractivity contribution in [2.45, 2.75) is 26.8 Å². The number of nitrogens with one attached hydrogen (secondary N) is 1. The number of nitrogen functional groups attached to an aromatic ring is 2. The highest BCUT2D eigenvalue weighted by atomic mass is 15.0. The summed E-state index contributed by atoms with van der Waals surface area (Å²) in [6.45, 7) is 10.4. The van der Waals surface area contributed by atoms with Gasteiger partial charge in [0.15, 0.2) is 0 Å². The number of hydrogen-bond acceptors (Lipinski definition) is 3. The molecule has 15 heavy (non-hydrogen) atoms. The van der Waals surface area contributed by atoms with E-state index in [9.17, 15) is 0 Å². The van der Waals surface area contributed by atoms with Gasteiger partial charge in [-0.05, 0) is 24.5 Å². The average Bonchev–Trinajstić information content (AvgIpc) is 2.09. The van der Waals surface area contributed by atoms with Crippen LogP contribution >= 0.6 is 0 Å². The second-order valence-corrected chi connectivity index (χ2v) is 4.87. The van der Waals surface area contributed by atoms with Gasteiger partial charge in [0.25, 0.3) is 0 Å². The van der Waals surface area contributed by atoms with Gasteiger partial charge in [0.05, 0.1) is 17.1 Å². The number of rotatable bonds is 2. The molecule has 1 unspecified atom stereocenters. The van der Waals surface area contributed by atoms with E-state index in [1.807, 2.05) is 18.2 Å². The second-order valence-electron chi connectivity index (χ2n) is 4.87. The van der Waals surface area contributed by atoms with Crippen molar-refractivity contribution in [3.63, 3.8) is 0 Å². The van der Waals surface area contributed by atoms with E-state index >= 15 is 0 Å². The molecule has 0 saturated heterocycles. The van der Waals surface area contributed by atoms with Gasteiger partial charge in [0, 0.05) is 6.04 Å². The highest BCUT2D eigenvalue weighted by Crippen LogP contribution is 2.29. The van der Waals surface area contributed by atoms with Crippen LogP contribution in [0.3, 0.4) is 0 Å². The molecule has 1 aromatic carbocycles. The van der Waals surface area contributed by atoms with E-state index in [-0.39, 0.29) is 11.5 Å². The maximum atomic E-state index is 5.84. The van der Waals surface area contributed by atoms with E-state index in [1.54, 1.807) is 0 Å². The summed E-state index contributed by atoms with van der Waals surface area (Å²) in [4.78, 5) is 0. The van der Waals surface area contributed by atoms with Crippen molar-refractivity contribution in [2.75, 3.05) is 16.8 Å². The number of anilines is 3. The van der Waals surface area contributed by atoms with Gasteiger partial charge < -0.3 is 16.8 Å². The molecule has 0 saturated carbocycles. The van der Waals surface area contributed by atoms with Crippen LogP contribution in [-0.4, -0.2) is 6.04 Å². The highest BCUT2D eigenvalue weighted by Gasteiger charge is 2.21. The maximum absolute atomic E-state index is 5.84. The molecule has 0 aromatic heterocycles. The number of para-hydroxylation sites is 1. The van der Waals surface area contributed by atoms with Crippen molar-refractivity contribution in [3.05, 3.63) is 25.1 Å². The normalized spacial score (nSPS) is 13.6. The first-order chi connectivity index (χ1) is 6.82. The van der Waals surface area contributed by atoms with Gasteiger partial charge in [-0.2, -0.15) is 0 Å². The zero-order valence-electron chi connectivity index (χ0n) is 9.67. The minimum atomic E-state index is 0.0597. The fourth-order valence-electron chi connectivity index (χ4n) is 1.15. The van der Waals surface area contributed by atoms with Crippen LogP contribution in [0.1, 0.15) is 20.8 Å². The summed E-state index contributed by atoms with van der Waals surface area (Å²) in [5.74, 6) is 0. The van der Waals surface area contributed by atoms with Crippen LogP contribution < -0.4 is 16.8 Å². The Kier molecular flexibility index (Phi) is 3.12. The van der Waals surface area contributed by atoms with Gasteiger partial charge >= 0.3 is 0 Å². The third-order valence-corrected chi connectivity index (χ3v) is 2.49. The molecule has 0 heterocycles. The molecule has 0 spiro atoms. The van der Waals surface area contributed by atoms with Crippen molar-refractivity contribution in [1.82, 2.24) is 0 Å². The van der Waals surface area contributed by atoms with Crippen LogP contribution in [-0.2, 0) is 0 Å². The Morgan fingerprint density at radius 2 is 1.67 bits per heavy atom. The van der Waals surface area contributed by atoms with E-state index in [0.717, 1.165) is 5.69 Å². The maximum Gasteiger partial charge on any atom is 0.0809 e. The third kappa shape index (κ3) is 2.78. The molecule has 1 aromatic rings. The van der Waals surface area contributed by atoms with Crippen molar-refractivity contribution in [3.8, 4) is 0 Å². The van der Waals surface area contributed by atoms with E-state index in [4.69, 9.17) is 11.5 Å².